The smallest absolute Gasteiger partial charge is 0.251 e. The zero-order valence-corrected chi connectivity index (χ0v) is 8.34. The maximum atomic E-state index is 11.3. The molecule has 4 nitrogen and oxygen atoms in total. The number of H-pyrrole nitrogens is 1. The van der Waals surface area contributed by atoms with Gasteiger partial charge in [0.2, 0.25) is 0 Å². The van der Waals surface area contributed by atoms with E-state index in [1.807, 2.05) is 0 Å². The zero-order valence-electron chi connectivity index (χ0n) is 7.53. The van der Waals surface area contributed by atoms with Gasteiger partial charge < -0.3 is 4.98 Å². The molecule has 5 heteroatoms. The van der Waals surface area contributed by atoms with Crippen molar-refractivity contribution in [2.24, 2.45) is 5.92 Å². The first-order chi connectivity index (χ1) is 6.75. The highest BCUT2D eigenvalue weighted by atomic mass is 32.2. The summed E-state index contributed by atoms with van der Waals surface area (Å²) in [7, 11) is 0. The highest BCUT2D eigenvalue weighted by Crippen LogP contribution is 2.31. The van der Waals surface area contributed by atoms with Gasteiger partial charge in [0.25, 0.3) is 5.56 Å². The number of hydrogen-bond acceptors (Lipinski definition) is 4. The van der Waals surface area contributed by atoms with Gasteiger partial charge >= 0.3 is 0 Å². The predicted octanol–water partition coefficient (Wildman–Crippen LogP) is 0.841. The first-order valence-electron chi connectivity index (χ1n) is 4.46. The van der Waals surface area contributed by atoms with E-state index in [1.54, 1.807) is 0 Å². The van der Waals surface area contributed by atoms with Crippen LogP contribution in [0.3, 0.4) is 0 Å². The molecule has 1 aromatic rings. The summed E-state index contributed by atoms with van der Waals surface area (Å²) < 4.78 is 0. The van der Waals surface area contributed by atoms with E-state index in [0.717, 1.165) is 12.8 Å². The molecule has 0 radical (unpaired) electrons. The Morgan fingerprint density at radius 2 is 2.43 bits per heavy atom. The van der Waals surface area contributed by atoms with Gasteiger partial charge in [-0.05, 0) is 12.8 Å². The summed E-state index contributed by atoms with van der Waals surface area (Å²) in [5.41, 5.74) is -0.179. The molecular weight excluding hydrogens is 200 g/mol. The largest absolute Gasteiger partial charge is 0.301 e. The Bertz CT molecular complexity index is 398. The summed E-state index contributed by atoms with van der Waals surface area (Å²) in [6.45, 7) is 0. The van der Waals surface area contributed by atoms with Crippen molar-refractivity contribution >= 4 is 17.5 Å². The Labute approximate surface area is 85.1 Å². The number of ketones is 1. The number of nitrogens with one attached hydrogen (secondary N) is 1. The van der Waals surface area contributed by atoms with E-state index >= 15 is 0 Å². The fraction of sp³-hybridized carbons (Fsp3) is 0.444. The van der Waals surface area contributed by atoms with Crippen LogP contribution in [0, 0.1) is 5.92 Å². The maximum Gasteiger partial charge on any atom is 0.251 e. The normalized spacial score (nSPS) is 15.4. The molecule has 74 valence electrons. The summed E-state index contributed by atoms with van der Waals surface area (Å²) >= 11 is 1.29. The van der Waals surface area contributed by atoms with E-state index in [0.29, 0.717) is 10.9 Å². The second kappa shape index (κ2) is 3.96. The molecule has 1 aromatic heterocycles. The SMILES string of the molecule is O=C(CSc1nccc(=O)[nH]1)C1CC1. The third kappa shape index (κ3) is 2.45. The van der Waals surface area contributed by atoms with Crippen molar-refractivity contribution in [3.8, 4) is 0 Å². The van der Waals surface area contributed by atoms with Crippen LogP contribution in [-0.4, -0.2) is 21.5 Å². The quantitative estimate of drug-likeness (QED) is 0.591. The minimum atomic E-state index is -0.179. The third-order valence-corrected chi connectivity index (χ3v) is 2.94. The Balaban J connectivity index is 1.90. The monoisotopic (exact) mass is 210 g/mol. The summed E-state index contributed by atoms with van der Waals surface area (Å²) in [4.78, 5) is 28.7. The van der Waals surface area contributed by atoms with Crippen LogP contribution < -0.4 is 5.56 Å². The number of carbonyl (C=O) groups is 1. The highest BCUT2D eigenvalue weighted by molar-refractivity contribution is 7.99. The maximum absolute atomic E-state index is 11.3. The Hall–Kier alpha value is -1.10. The number of aromatic nitrogens is 2. The van der Waals surface area contributed by atoms with Gasteiger partial charge in [0.1, 0.15) is 5.78 Å². The molecule has 1 heterocycles. The van der Waals surface area contributed by atoms with E-state index in [9.17, 15) is 9.59 Å². The molecule has 0 amide bonds. The molecule has 0 bridgehead atoms. The summed E-state index contributed by atoms with van der Waals surface area (Å²) in [6, 6.07) is 1.35. The van der Waals surface area contributed by atoms with Crippen LogP contribution in [0.25, 0.3) is 0 Å². The number of aromatic amines is 1. The average Bonchev–Trinajstić information content (AvgIpc) is 2.97. The van der Waals surface area contributed by atoms with Crippen LogP contribution >= 0.6 is 11.8 Å². The minimum absolute atomic E-state index is 0.179. The fourth-order valence-corrected chi connectivity index (χ4v) is 1.91. The molecule has 0 spiro atoms. The molecule has 0 saturated heterocycles. The lowest BCUT2D eigenvalue weighted by Gasteiger charge is -1.97. The average molecular weight is 210 g/mol. The molecule has 1 aliphatic carbocycles. The van der Waals surface area contributed by atoms with Crippen molar-refractivity contribution in [3.05, 3.63) is 22.6 Å². The fourth-order valence-electron chi connectivity index (χ4n) is 1.09. The van der Waals surface area contributed by atoms with Gasteiger partial charge in [0, 0.05) is 18.2 Å². The van der Waals surface area contributed by atoms with Crippen molar-refractivity contribution in [2.45, 2.75) is 18.0 Å². The molecule has 0 unspecified atom stereocenters. The van der Waals surface area contributed by atoms with Gasteiger partial charge in [-0.25, -0.2) is 4.98 Å². The molecule has 14 heavy (non-hydrogen) atoms. The van der Waals surface area contributed by atoms with Crippen molar-refractivity contribution < 1.29 is 4.79 Å². The van der Waals surface area contributed by atoms with Gasteiger partial charge in [-0.1, -0.05) is 11.8 Å². The Morgan fingerprint density at radius 3 is 3.07 bits per heavy atom. The lowest BCUT2D eigenvalue weighted by atomic mass is 10.3. The molecular formula is C9H10N2O2S. The lowest BCUT2D eigenvalue weighted by molar-refractivity contribution is -0.117. The number of carbonyl (C=O) groups excluding carboxylic acids is 1. The molecule has 1 saturated carbocycles. The summed E-state index contributed by atoms with van der Waals surface area (Å²) in [5.74, 6) is 0.955. The summed E-state index contributed by atoms with van der Waals surface area (Å²) in [6.07, 6.45) is 3.50. The molecule has 0 atom stereocenters. The topological polar surface area (TPSA) is 62.8 Å². The first kappa shape index (κ1) is 9.45. The van der Waals surface area contributed by atoms with Gasteiger partial charge in [-0.15, -0.1) is 0 Å². The van der Waals surface area contributed by atoms with Crippen LogP contribution in [0.4, 0.5) is 0 Å². The predicted molar refractivity (Wildman–Crippen MR) is 53.3 cm³/mol. The number of thioether (sulfide) groups is 1. The van der Waals surface area contributed by atoms with Crippen molar-refractivity contribution in [2.75, 3.05) is 5.75 Å². The van der Waals surface area contributed by atoms with Crippen molar-refractivity contribution in [1.29, 1.82) is 0 Å². The second-order valence-corrected chi connectivity index (χ2v) is 4.23. The van der Waals surface area contributed by atoms with E-state index in [1.165, 1.54) is 24.0 Å². The van der Waals surface area contributed by atoms with Crippen LogP contribution in [0.5, 0.6) is 0 Å². The van der Waals surface area contributed by atoms with Gasteiger partial charge in [-0.2, -0.15) is 0 Å². The molecule has 1 aliphatic rings. The minimum Gasteiger partial charge on any atom is -0.301 e. The highest BCUT2D eigenvalue weighted by Gasteiger charge is 2.29. The first-order valence-corrected chi connectivity index (χ1v) is 5.45. The number of nitrogens with zero attached hydrogens (tertiary/aromatic N) is 1. The summed E-state index contributed by atoms with van der Waals surface area (Å²) in [5, 5.41) is 0.520. The third-order valence-electron chi connectivity index (χ3n) is 2.03. The van der Waals surface area contributed by atoms with Gasteiger partial charge in [-0.3, -0.25) is 9.59 Å². The van der Waals surface area contributed by atoms with Gasteiger partial charge in [0.15, 0.2) is 5.16 Å². The Kier molecular flexibility index (Phi) is 2.67. The van der Waals surface area contributed by atoms with E-state index in [-0.39, 0.29) is 17.3 Å². The molecule has 2 rings (SSSR count). The molecule has 0 aliphatic heterocycles. The lowest BCUT2D eigenvalue weighted by Crippen LogP contribution is -2.08. The van der Waals surface area contributed by atoms with E-state index in [2.05, 4.69) is 9.97 Å². The molecule has 1 N–H and O–H groups in total. The molecule has 0 aromatic carbocycles. The zero-order chi connectivity index (χ0) is 9.97. The number of rotatable bonds is 4. The van der Waals surface area contributed by atoms with E-state index in [4.69, 9.17) is 0 Å². The van der Waals surface area contributed by atoms with Crippen molar-refractivity contribution in [3.63, 3.8) is 0 Å². The van der Waals surface area contributed by atoms with Crippen LogP contribution in [0.2, 0.25) is 0 Å². The van der Waals surface area contributed by atoms with E-state index < -0.39 is 0 Å². The van der Waals surface area contributed by atoms with Crippen LogP contribution in [0.15, 0.2) is 22.2 Å². The van der Waals surface area contributed by atoms with Crippen molar-refractivity contribution in [1.82, 2.24) is 9.97 Å². The van der Waals surface area contributed by atoms with Crippen LogP contribution in [0.1, 0.15) is 12.8 Å². The number of Topliss-reactive ketones (excluding diaryl/α,β-unsaturated/α-hetero) is 1. The number of hydrogen-bond donors (Lipinski definition) is 1. The standard InChI is InChI=1S/C9H10N2O2S/c12-7(6-1-2-6)5-14-9-10-4-3-8(13)11-9/h3-4,6H,1-2,5H2,(H,10,11,13). The van der Waals surface area contributed by atoms with Gasteiger partial charge in [0.05, 0.1) is 5.75 Å². The molecule has 1 fully saturated rings. The second-order valence-electron chi connectivity index (χ2n) is 3.27. The van der Waals surface area contributed by atoms with Crippen LogP contribution in [-0.2, 0) is 4.79 Å². The Morgan fingerprint density at radius 1 is 1.64 bits per heavy atom.